The molecule has 108 valence electrons. The second kappa shape index (κ2) is 5.96. The van der Waals surface area contributed by atoms with E-state index in [1.807, 2.05) is 38.1 Å². The van der Waals surface area contributed by atoms with Gasteiger partial charge < -0.3 is 5.11 Å². The van der Waals surface area contributed by atoms with E-state index in [1.165, 1.54) is 0 Å². The topological polar surface area (TPSA) is 57.6 Å². The Balaban J connectivity index is 2.27. The first kappa shape index (κ1) is 15.0. The minimum absolute atomic E-state index is 0.166. The Bertz CT molecular complexity index is 643. The summed E-state index contributed by atoms with van der Waals surface area (Å²) in [5.41, 5.74) is 1.71. The SMILES string of the molecule is CC1CN(C(C)c2cccc(C#CCO)c2)S(=O)(=O)C1. The first-order valence-corrected chi connectivity index (χ1v) is 8.24. The van der Waals surface area contributed by atoms with Gasteiger partial charge >= 0.3 is 0 Å². The van der Waals surface area contributed by atoms with Gasteiger partial charge in [0, 0.05) is 18.2 Å². The Morgan fingerprint density at radius 1 is 1.50 bits per heavy atom. The average molecular weight is 293 g/mol. The highest BCUT2D eigenvalue weighted by atomic mass is 32.2. The van der Waals surface area contributed by atoms with Crippen LogP contribution in [0.2, 0.25) is 0 Å². The molecule has 1 aliphatic heterocycles. The Kier molecular flexibility index (Phi) is 4.48. The summed E-state index contributed by atoms with van der Waals surface area (Å²) < 4.78 is 25.8. The lowest BCUT2D eigenvalue weighted by Crippen LogP contribution is -2.29. The molecule has 1 N–H and O–H groups in total. The van der Waals surface area contributed by atoms with Gasteiger partial charge in [-0.15, -0.1) is 0 Å². The number of aliphatic hydroxyl groups excluding tert-OH is 1. The van der Waals surface area contributed by atoms with Gasteiger partial charge in [-0.3, -0.25) is 0 Å². The molecule has 0 spiro atoms. The molecule has 5 heteroatoms. The second-order valence-electron chi connectivity index (χ2n) is 5.21. The Morgan fingerprint density at radius 3 is 2.85 bits per heavy atom. The van der Waals surface area contributed by atoms with Crippen molar-refractivity contribution < 1.29 is 13.5 Å². The summed E-state index contributed by atoms with van der Waals surface area (Å²) >= 11 is 0. The molecule has 0 aromatic heterocycles. The molecule has 0 radical (unpaired) electrons. The first-order valence-electron chi connectivity index (χ1n) is 6.63. The fraction of sp³-hybridized carbons (Fsp3) is 0.467. The highest BCUT2D eigenvalue weighted by Crippen LogP contribution is 2.30. The minimum Gasteiger partial charge on any atom is -0.384 e. The second-order valence-corrected chi connectivity index (χ2v) is 7.18. The average Bonchev–Trinajstić information content (AvgIpc) is 2.69. The molecule has 0 aliphatic carbocycles. The standard InChI is InChI=1S/C15H19NO3S/c1-12-10-16(20(18,19)11-12)13(2)15-7-3-5-14(9-15)6-4-8-17/h3,5,7,9,12-13,17H,8,10-11H2,1-2H3. The van der Waals surface area contributed by atoms with Gasteiger partial charge in [-0.2, -0.15) is 4.31 Å². The van der Waals surface area contributed by atoms with Gasteiger partial charge in [0.25, 0.3) is 0 Å². The van der Waals surface area contributed by atoms with Crippen LogP contribution in [0.25, 0.3) is 0 Å². The lowest BCUT2D eigenvalue weighted by molar-refractivity contribution is 0.345. The zero-order valence-corrected chi connectivity index (χ0v) is 12.5. The molecule has 0 saturated carbocycles. The van der Waals surface area contributed by atoms with E-state index < -0.39 is 10.0 Å². The van der Waals surface area contributed by atoms with Gasteiger partial charge in [0.1, 0.15) is 6.61 Å². The van der Waals surface area contributed by atoms with Gasteiger partial charge in [-0.1, -0.05) is 30.9 Å². The van der Waals surface area contributed by atoms with Crippen LogP contribution >= 0.6 is 0 Å². The zero-order chi connectivity index (χ0) is 14.8. The van der Waals surface area contributed by atoms with E-state index in [4.69, 9.17) is 5.11 Å². The third kappa shape index (κ3) is 3.21. The van der Waals surface area contributed by atoms with E-state index in [-0.39, 0.29) is 24.3 Å². The summed E-state index contributed by atoms with van der Waals surface area (Å²) in [6.45, 7) is 4.23. The number of rotatable bonds is 2. The number of aliphatic hydroxyl groups is 1. The number of nitrogens with zero attached hydrogens (tertiary/aromatic N) is 1. The van der Waals surface area contributed by atoms with Crippen LogP contribution in [0.1, 0.15) is 31.0 Å². The van der Waals surface area contributed by atoms with Crippen molar-refractivity contribution in [1.29, 1.82) is 0 Å². The molecule has 1 heterocycles. The van der Waals surface area contributed by atoms with Crippen LogP contribution in [0.3, 0.4) is 0 Å². The van der Waals surface area contributed by atoms with Crippen LogP contribution in [0.5, 0.6) is 0 Å². The van der Waals surface area contributed by atoms with Gasteiger partial charge in [-0.05, 0) is 30.5 Å². The van der Waals surface area contributed by atoms with Gasteiger partial charge in [0.2, 0.25) is 10.0 Å². The summed E-state index contributed by atoms with van der Waals surface area (Å²) in [7, 11) is -3.16. The van der Waals surface area contributed by atoms with Crippen LogP contribution in [-0.2, 0) is 10.0 Å². The molecule has 1 aliphatic rings. The van der Waals surface area contributed by atoms with Crippen molar-refractivity contribution in [3.05, 3.63) is 35.4 Å². The highest BCUT2D eigenvalue weighted by Gasteiger charge is 2.37. The Labute approximate surface area is 120 Å². The van der Waals surface area contributed by atoms with E-state index in [2.05, 4.69) is 11.8 Å². The fourth-order valence-corrected chi connectivity index (χ4v) is 4.61. The van der Waals surface area contributed by atoms with Crippen molar-refractivity contribution in [2.24, 2.45) is 5.92 Å². The number of hydrogen-bond donors (Lipinski definition) is 1. The predicted molar refractivity (Wildman–Crippen MR) is 78.5 cm³/mol. The lowest BCUT2D eigenvalue weighted by Gasteiger charge is -2.23. The number of hydrogen-bond acceptors (Lipinski definition) is 3. The van der Waals surface area contributed by atoms with Crippen LogP contribution in [0.4, 0.5) is 0 Å². The van der Waals surface area contributed by atoms with Gasteiger partial charge in [-0.25, -0.2) is 8.42 Å². The first-order chi connectivity index (χ1) is 9.44. The van der Waals surface area contributed by atoms with Crippen LogP contribution in [0.15, 0.2) is 24.3 Å². The van der Waals surface area contributed by atoms with E-state index in [0.717, 1.165) is 11.1 Å². The molecule has 0 amide bonds. The van der Waals surface area contributed by atoms with Crippen molar-refractivity contribution in [1.82, 2.24) is 4.31 Å². The van der Waals surface area contributed by atoms with Crippen molar-refractivity contribution in [2.45, 2.75) is 19.9 Å². The van der Waals surface area contributed by atoms with Gasteiger partial charge in [0.15, 0.2) is 0 Å². The fourth-order valence-electron chi connectivity index (χ4n) is 2.51. The van der Waals surface area contributed by atoms with Crippen molar-refractivity contribution in [3.8, 4) is 11.8 Å². The summed E-state index contributed by atoms with van der Waals surface area (Å²) in [5.74, 6) is 5.83. The summed E-state index contributed by atoms with van der Waals surface area (Å²) in [4.78, 5) is 0. The van der Waals surface area contributed by atoms with Crippen molar-refractivity contribution >= 4 is 10.0 Å². The quantitative estimate of drug-likeness (QED) is 0.838. The molecule has 2 unspecified atom stereocenters. The Morgan fingerprint density at radius 2 is 2.25 bits per heavy atom. The molecular formula is C15H19NO3S. The molecule has 0 bridgehead atoms. The number of benzene rings is 1. The maximum Gasteiger partial charge on any atom is 0.214 e. The normalized spacial score (nSPS) is 23.1. The van der Waals surface area contributed by atoms with E-state index in [0.29, 0.717) is 6.54 Å². The predicted octanol–water partition coefficient (Wildman–Crippen LogP) is 1.37. The molecule has 20 heavy (non-hydrogen) atoms. The largest absolute Gasteiger partial charge is 0.384 e. The summed E-state index contributed by atoms with van der Waals surface area (Å²) in [6.07, 6.45) is 0. The van der Waals surface area contributed by atoms with Crippen molar-refractivity contribution in [3.63, 3.8) is 0 Å². The van der Waals surface area contributed by atoms with E-state index in [1.54, 1.807) is 4.31 Å². The van der Waals surface area contributed by atoms with Crippen LogP contribution < -0.4 is 0 Å². The molecular weight excluding hydrogens is 274 g/mol. The smallest absolute Gasteiger partial charge is 0.214 e. The number of sulfonamides is 1. The third-order valence-corrected chi connectivity index (χ3v) is 5.63. The molecule has 1 aromatic carbocycles. The molecule has 1 aromatic rings. The molecule has 1 saturated heterocycles. The molecule has 2 atom stereocenters. The summed E-state index contributed by atoms with van der Waals surface area (Å²) in [5, 5.41) is 8.72. The van der Waals surface area contributed by atoms with E-state index >= 15 is 0 Å². The summed E-state index contributed by atoms with van der Waals surface area (Å²) in [6, 6.07) is 7.30. The minimum atomic E-state index is -3.16. The lowest BCUT2D eigenvalue weighted by atomic mass is 10.0. The highest BCUT2D eigenvalue weighted by molar-refractivity contribution is 7.89. The molecule has 4 nitrogen and oxygen atoms in total. The monoisotopic (exact) mass is 293 g/mol. The van der Waals surface area contributed by atoms with Crippen molar-refractivity contribution in [2.75, 3.05) is 18.9 Å². The molecule has 1 fully saturated rings. The van der Waals surface area contributed by atoms with Crippen LogP contribution in [-0.4, -0.2) is 36.7 Å². The Hall–Kier alpha value is -1.35. The third-order valence-electron chi connectivity index (χ3n) is 3.46. The maximum atomic E-state index is 12.1. The molecule has 2 rings (SSSR count). The zero-order valence-electron chi connectivity index (χ0n) is 11.7. The maximum absolute atomic E-state index is 12.1. The van der Waals surface area contributed by atoms with Gasteiger partial charge in [0.05, 0.1) is 5.75 Å². The van der Waals surface area contributed by atoms with Crippen LogP contribution in [0, 0.1) is 17.8 Å². The van der Waals surface area contributed by atoms with E-state index in [9.17, 15) is 8.42 Å².